The summed E-state index contributed by atoms with van der Waals surface area (Å²) in [7, 11) is 0. The lowest BCUT2D eigenvalue weighted by Gasteiger charge is -2.30. The first-order chi connectivity index (χ1) is 13.3. The van der Waals surface area contributed by atoms with E-state index in [2.05, 4.69) is 10.3 Å². The highest BCUT2D eigenvalue weighted by atomic mass is 32.1. The van der Waals surface area contributed by atoms with Gasteiger partial charge >= 0.3 is 5.97 Å². The van der Waals surface area contributed by atoms with Crippen molar-refractivity contribution < 1.29 is 24.6 Å². The Morgan fingerprint density at radius 3 is 2.54 bits per heavy atom. The van der Waals surface area contributed by atoms with Crippen molar-refractivity contribution in [1.82, 2.24) is 5.32 Å². The lowest BCUT2D eigenvalue weighted by atomic mass is 10.1. The van der Waals surface area contributed by atoms with Crippen LogP contribution in [0.2, 0.25) is 0 Å². The van der Waals surface area contributed by atoms with E-state index in [-0.39, 0.29) is 16.4 Å². The van der Waals surface area contributed by atoms with Gasteiger partial charge in [-0.05, 0) is 49.5 Å². The lowest BCUT2D eigenvalue weighted by Crippen LogP contribution is -2.58. The first kappa shape index (κ1) is 19.2. The van der Waals surface area contributed by atoms with Crippen molar-refractivity contribution in [3.63, 3.8) is 0 Å². The van der Waals surface area contributed by atoms with Crippen LogP contribution in [0.25, 0.3) is 0 Å². The molecule has 0 bridgehead atoms. The van der Waals surface area contributed by atoms with E-state index >= 15 is 0 Å². The predicted molar refractivity (Wildman–Crippen MR) is 106 cm³/mol. The quantitative estimate of drug-likeness (QED) is 0.413. The summed E-state index contributed by atoms with van der Waals surface area (Å²) in [6.45, 7) is 1.90. The molecule has 1 aliphatic heterocycles. The van der Waals surface area contributed by atoms with Gasteiger partial charge in [-0.1, -0.05) is 17.7 Å². The van der Waals surface area contributed by atoms with E-state index < -0.39 is 29.5 Å². The summed E-state index contributed by atoms with van der Waals surface area (Å²) in [6.07, 6.45) is 1.12. The number of nitrogens with zero attached hydrogens (tertiary/aromatic N) is 2. The third-order valence-electron chi connectivity index (χ3n) is 4.08. The number of carbonyl (C=O) groups is 3. The number of nitrogens with one attached hydrogen (secondary N) is 1. The third-order valence-corrected chi connectivity index (χ3v) is 4.36. The van der Waals surface area contributed by atoms with Gasteiger partial charge in [-0.3, -0.25) is 19.5 Å². The van der Waals surface area contributed by atoms with Gasteiger partial charge in [0.1, 0.15) is 11.3 Å². The fraction of sp³-hybridized carbons (Fsp3) is 0.105. The maximum Gasteiger partial charge on any atom is 0.339 e. The van der Waals surface area contributed by atoms with Crippen LogP contribution in [-0.4, -0.2) is 39.3 Å². The number of carboxylic acids is 1. The van der Waals surface area contributed by atoms with E-state index in [1.54, 1.807) is 12.1 Å². The molecule has 0 saturated carbocycles. The van der Waals surface area contributed by atoms with Gasteiger partial charge in [-0.2, -0.15) is 0 Å². The highest BCUT2D eigenvalue weighted by Gasteiger charge is 2.38. The molecule has 2 aromatic rings. The van der Waals surface area contributed by atoms with E-state index in [1.165, 1.54) is 17.0 Å². The standard InChI is InChI=1S/C19H15N3O5S/c1-10-2-5-12(6-3-10)22-17(25)14(16(24)21-19(22)28)9-20-11-4-7-15(23)13(8-11)18(26)27/h2-9,14,23H,1H3,(H,26,27)(H,21,24,28)/t14-/m1/s1. The number of carbonyl (C=O) groups excluding carboxylic acids is 2. The number of hydrogen-bond donors (Lipinski definition) is 3. The zero-order chi connectivity index (χ0) is 20.4. The van der Waals surface area contributed by atoms with Crippen molar-refractivity contribution in [1.29, 1.82) is 0 Å². The molecule has 1 saturated heterocycles. The Morgan fingerprint density at radius 2 is 1.89 bits per heavy atom. The number of hydrogen-bond acceptors (Lipinski definition) is 6. The van der Waals surface area contributed by atoms with Crippen molar-refractivity contribution >= 4 is 52.7 Å². The van der Waals surface area contributed by atoms with Gasteiger partial charge in [-0.15, -0.1) is 0 Å². The molecule has 0 aromatic heterocycles. The Morgan fingerprint density at radius 1 is 1.21 bits per heavy atom. The Hall–Kier alpha value is -3.59. The van der Waals surface area contributed by atoms with E-state index in [1.807, 2.05) is 19.1 Å². The number of aryl methyl sites for hydroxylation is 1. The maximum absolute atomic E-state index is 12.8. The smallest absolute Gasteiger partial charge is 0.339 e. The van der Waals surface area contributed by atoms with Crippen LogP contribution in [0.15, 0.2) is 47.5 Å². The summed E-state index contributed by atoms with van der Waals surface area (Å²) in [5.74, 6) is -4.17. The summed E-state index contributed by atoms with van der Waals surface area (Å²) in [6, 6.07) is 10.7. The molecule has 142 valence electrons. The fourth-order valence-electron chi connectivity index (χ4n) is 2.60. The lowest BCUT2D eigenvalue weighted by molar-refractivity contribution is -0.130. The molecule has 1 atom stereocenters. The number of anilines is 1. The van der Waals surface area contributed by atoms with Crippen molar-refractivity contribution in [3.8, 4) is 5.75 Å². The summed E-state index contributed by atoms with van der Waals surface area (Å²) >= 11 is 5.12. The molecule has 28 heavy (non-hydrogen) atoms. The van der Waals surface area contributed by atoms with Crippen LogP contribution >= 0.6 is 12.2 Å². The number of aromatic hydroxyl groups is 1. The van der Waals surface area contributed by atoms with Gasteiger partial charge in [-0.25, -0.2) is 4.79 Å². The van der Waals surface area contributed by atoms with Gasteiger partial charge < -0.3 is 15.5 Å². The molecule has 2 amide bonds. The van der Waals surface area contributed by atoms with Crippen LogP contribution in [0.3, 0.4) is 0 Å². The Balaban J connectivity index is 1.89. The van der Waals surface area contributed by atoms with Crippen LogP contribution in [0.4, 0.5) is 11.4 Å². The second kappa shape index (κ2) is 7.57. The van der Waals surface area contributed by atoms with E-state index in [9.17, 15) is 19.5 Å². The van der Waals surface area contributed by atoms with Crippen LogP contribution in [0.1, 0.15) is 15.9 Å². The molecule has 1 fully saturated rings. The zero-order valence-electron chi connectivity index (χ0n) is 14.6. The average molecular weight is 397 g/mol. The molecule has 3 rings (SSSR count). The molecule has 0 aliphatic carbocycles. The van der Waals surface area contributed by atoms with Gasteiger partial charge in [0, 0.05) is 6.21 Å². The molecule has 1 aliphatic rings. The van der Waals surface area contributed by atoms with Gasteiger partial charge in [0.05, 0.1) is 11.4 Å². The van der Waals surface area contributed by atoms with Crippen LogP contribution in [0.5, 0.6) is 5.75 Å². The number of phenols is 1. The molecule has 0 unspecified atom stereocenters. The second-order valence-electron chi connectivity index (χ2n) is 6.07. The second-order valence-corrected chi connectivity index (χ2v) is 6.45. The molecular formula is C19H15N3O5S. The van der Waals surface area contributed by atoms with E-state index in [4.69, 9.17) is 17.3 Å². The number of benzene rings is 2. The Bertz CT molecular complexity index is 1020. The summed E-state index contributed by atoms with van der Waals surface area (Å²) in [5, 5.41) is 21.0. The summed E-state index contributed by atoms with van der Waals surface area (Å²) < 4.78 is 0. The minimum atomic E-state index is -1.32. The zero-order valence-corrected chi connectivity index (χ0v) is 15.4. The highest BCUT2D eigenvalue weighted by Crippen LogP contribution is 2.24. The minimum absolute atomic E-state index is 0.0266. The molecule has 0 radical (unpaired) electrons. The normalized spacial score (nSPS) is 17.1. The topological polar surface area (TPSA) is 119 Å². The van der Waals surface area contributed by atoms with Crippen molar-refractivity contribution in [2.75, 3.05) is 4.90 Å². The maximum atomic E-state index is 12.8. The largest absolute Gasteiger partial charge is 0.507 e. The number of amides is 2. The number of aromatic carboxylic acids is 1. The Kier molecular flexibility index (Phi) is 5.18. The SMILES string of the molecule is Cc1ccc(N2C(=O)[C@H](C=Nc3ccc(O)c(C(=O)O)c3)C(=O)NC2=S)cc1. The fourth-order valence-corrected chi connectivity index (χ4v) is 2.89. The van der Waals surface area contributed by atoms with Crippen LogP contribution in [0, 0.1) is 12.8 Å². The number of carboxylic acid groups (broad SMARTS) is 1. The molecule has 1 heterocycles. The monoisotopic (exact) mass is 397 g/mol. The summed E-state index contributed by atoms with van der Waals surface area (Å²) in [4.78, 5) is 41.4. The van der Waals surface area contributed by atoms with Gasteiger partial charge in [0.15, 0.2) is 11.0 Å². The van der Waals surface area contributed by atoms with E-state index in [0.29, 0.717) is 5.69 Å². The van der Waals surface area contributed by atoms with Crippen LogP contribution < -0.4 is 10.2 Å². The predicted octanol–water partition coefficient (Wildman–Crippen LogP) is 2.17. The molecule has 3 N–H and O–H groups in total. The van der Waals surface area contributed by atoms with Crippen molar-refractivity contribution in [2.45, 2.75) is 6.92 Å². The van der Waals surface area contributed by atoms with Crippen LogP contribution in [-0.2, 0) is 9.59 Å². The molecule has 2 aromatic carbocycles. The molecule has 9 heteroatoms. The first-order valence-electron chi connectivity index (χ1n) is 8.14. The number of thiocarbonyl (C=S) groups is 1. The first-order valence-corrected chi connectivity index (χ1v) is 8.54. The molecule has 0 spiro atoms. The average Bonchev–Trinajstić information content (AvgIpc) is 2.63. The number of aliphatic imine (C=N–C) groups is 1. The van der Waals surface area contributed by atoms with Gasteiger partial charge in [0.25, 0.3) is 5.91 Å². The molecular weight excluding hydrogens is 382 g/mol. The van der Waals surface area contributed by atoms with Crippen molar-refractivity contribution in [2.24, 2.45) is 10.9 Å². The van der Waals surface area contributed by atoms with Gasteiger partial charge in [0.2, 0.25) is 5.91 Å². The summed E-state index contributed by atoms with van der Waals surface area (Å²) in [5.41, 5.74) is 1.35. The van der Waals surface area contributed by atoms with E-state index in [0.717, 1.165) is 17.8 Å². The highest BCUT2D eigenvalue weighted by molar-refractivity contribution is 7.80. The number of rotatable bonds is 4. The Labute approximate surface area is 165 Å². The third kappa shape index (κ3) is 3.74. The minimum Gasteiger partial charge on any atom is -0.507 e. The molecule has 8 nitrogen and oxygen atoms in total. The van der Waals surface area contributed by atoms with Crippen molar-refractivity contribution in [3.05, 3.63) is 53.6 Å².